The zero-order valence-electron chi connectivity index (χ0n) is 7.89. The van der Waals surface area contributed by atoms with E-state index in [4.69, 9.17) is 5.11 Å². The minimum atomic E-state index is -3.84. The summed E-state index contributed by atoms with van der Waals surface area (Å²) in [6, 6.07) is 0. The first kappa shape index (κ1) is 13.5. The lowest BCUT2D eigenvalue weighted by molar-refractivity contribution is -0.136. The zero-order chi connectivity index (χ0) is 11.4. The van der Waals surface area contributed by atoms with Crippen LogP contribution in [0.1, 0.15) is 6.92 Å². The highest BCUT2D eigenvalue weighted by Gasteiger charge is 2.26. The van der Waals surface area contributed by atoms with Crippen LogP contribution in [0.5, 0.6) is 0 Å². The van der Waals surface area contributed by atoms with Gasteiger partial charge in [0.05, 0.1) is 0 Å². The van der Waals surface area contributed by atoms with E-state index in [1.54, 1.807) is 0 Å². The van der Waals surface area contributed by atoms with Gasteiger partial charge in [0.2, 0.25) is 10.0 Å². The van der Waals surface area contributed by atoms with E-state index in [0.29, 0.717) is 0 Å². The van der Waals surface area contributed by atoms with Crippen LogP contribution in [-0.2, 0) is 25.6 Å². The molecule has 0 aromatic heterocycles. The van der Waals surface area contributed by atoms with Crippen molar-refractivity contribution in [3.8, 4) is 0 Å². The van der Waals surface area contributed by atoms with E-state index < -0.39 is 32.0 Å². The first-order valence-corrected chi connectivity index (χ1v) is 7.06. The van der Waals surface area contributed by atoms with Gasteiger partial charge in [0, 0.05) is 29.4 Å². The Labute approximate surface area is 85.2 Å². The van der Waals surface area contributed by atoms with E-state index in [1.807, 2.05) is 0 Å². The monoisotopic (exact) mass is 243 g/mol. The molecule has 0 amide bonds. The third-order valence-corrected chi connectivity index (χ3v) is 4.02. The number of hydrogen-bond acceptors (Lipinski definition) is 4. The molecule has 2 unspecified atom stereocenters. The van der Waals surface area contributed by atoms with Gasteiger partial charge in [-0.05, 0) is 6.92 Å². The van der Waals surface area contributed by atoms with Crippen molar-refractivity contribution in [2.45, 2.75) is 12.2 Å². The van der Waals surface area contributed by atoms with E-state index in [-0.39, 0.29) is 12.3 Å². The summed E-state index contributed by atoms with van der Waals surface area (Å²) in [5.74, 6) is -1.24. The first-order valence-electron chi connectivity index (χ1n) is 3.78. The number of rotatable bonds is 6. The molecule has 0 rings (SSSR count). The van der Waals surface area contributed by atoms with Gasteiger partial charge in [-0.3, -0.25) is 9.00 Å². The molecule has 2 atom stereocenters. The maximum Gasteiger partial charge on any atom is 0.323 e. The second-order valence-corrected chi connectivity index (χ2v) is 6.34. The van der Waals surface area contributed by atoms with E-state index in [1.165, 1.54) is 6.26 Å². The van der Waals surface area contributed by atoms with Crippen LogP contribution in [0, 0.1) is 0 Å². The number of carboxylic acid groups (broad SMARTS) is 1. The molecule has 0 spiro atoms. The van der Waals surface area contributed by atoms with Crippen molar-refractivity contribution >= 4 is 26.8 Å². The van der Waals surface area contributed by atoms with Crippen LogP contribution < -0.4 is 4.72 Å². The lowest BCUT2D eigenvalue weighted by Gasteiger charge is -2.08. The van der Waals surface area contributed by atoms with Gasteiger partial charge in [0.1, 0.15) is 0 Å². The number of sulfonamides is 1. The Hall–Kier alpha value is -0.470. The molecule has 84 valence electrons. The van der Waals surface area contributed by atoms with E-state index in [2.05, 4.69) is 4.72 Å². The van der Waals surface area contributed by atoms with Crippen LogP contribution in [0.25, 0.3) is 0 Å². The molecule has 0 aliphatic carbocycles. The molecule has 0 heterocycles. The van der Waals surface area contributed by atoms with Crippen LogP contribution in [0.15, 0.2) is 0 Å². The highest BCUT2D eigenvalue weighted by molar-refractivity contribution is 7.90. The summed E-state index contributed by atoms with van der Waals surface area (Å²) >= 11 is 0. The van der Waals surface area contributed by atoms with E-state index in [0.717, 1.165) is 6.92 Å². The molecule has 0 aliphatic rings. The van der Waals surface area contributed by atoms with Crippen LogP contribution in [0.4, 0.5) is 0 Å². The highest BCUT2D eigenvalue weighted by Crippen LogP contribution is 1.97. The highest BCUT2D eigenvalue weighted by atomic mass is 32.2. The van der Waals surface area contributed by atoms with E-state index >= 15 is 0 Å². The Morgan fingerprint density at radius 1 is 1.57 bits per heavy atom. The Kier molecular flexibility index (Phi) is 5.24. The number of carboxylic acids is 1. The van der Waals surface area contributed by atoms with Crippen molar-refractivity contribution in [1.29, 1.82) is 0 Å². The molecule has 0 saturated carbocycles. The second-order valence-electron chi connectivity index (χ2n) is 2.70. The Morgan fingerprint density at radius 2 is 2.07 bits per heavy atom. The van der Waals surface area contributed by atoms with Crippen molar-refractivity contribution < 1.29 is 22.5 Å². The van der Waals surface area contributed by atoms with Crippen LogP contribution >= 0.6 is 0 Å². The standard InChI is InChI=1S/C6H13NO5S2/c1-5(6(8)9)14(11,12)7-3-4-13(2)10/h5,7H,3-4H2,1-2H3,(H,8,9). The van der Waals surface area contributed by atoms with Crippen molar-refractivity contribution in [1.82, 2.24) is 4.72 Å². The van der Waals surface area contributed by atoms with Crippen molar-refractivity contribution in [3.63, 3.8) is 0 Å². The van der Waals surface area contributed by atoms with Gasteiger partial charge in [0.15, 0.2) is 5.25 Å². The minimum absolute atomic E-state index is 0.0108. The normalized spacial score (nSPS) is 16.1. The maximum atomic E-state index is 11.2. The van der Waals surface area contributed by atoms with Gasteiger partial charge in [0.25, 0.3) is 0 Å². The average molecular weight is 243 g/mol. The fourth-order valence-electron chi connectivity index (χ4n) is 0.585. The molecule has 6 nitrogen and oxygen atoms in total. The SMILES string of the molecule is CC(C(=O)O)S(=O)(=O)NCCS(C)=O. The molecular weight excluding hydrogens is 230 g/mol. The Balaban J connectivity index is 4.22. The van der Waals surface area contributed by atoms with Gasteiger partial charge in [-0.15, -0.1) is 0 Å². The fourth-order valence-corrected chi connectivity index (χ4v) is 2.01. The number of nitrogens with one attached hydrogen (secondary N) is 1. The summed E-state index contributed by atoms with van der Waals surface area (Å²) in [4.78, 5) is 10.4. The van der Waals surface area contributed by atoms with Gasteiger partial charge in [-0.1, -0.05) is 0 Å². The van der Waals surface area contributed by atoms with Crippen molar-refractivity contribution in [2.75, 3.05) is 18.6 Å². The predicted octanol–water partition coefficient (Wildman–Crippen LogP) is -1.24. The molecule has 0 aromatic rings. The third kappa shape index (κ3) is 4.68. The smallest absolute Gasteiger partial charge is 0.323 e. The van der Waals surface area contributed by atoms with Crippen LogP contribution in [-0.4, -0.2) is 47.5 Å². The fraction of sp³-hybridized carbons (Fsp3) is 0.833. The Morgan fingerprint density at radius 3 is 2.43 bits per heavy atom. The number of carbonyl (C=O) groups is 1. The van der Waals surface area contributed by atoms with Gasteiger partial charge in [-0.25, -0.2) is 13.1 Å². The molecule has 0 bridgehead atoms. The molecule has 2 N–H and O–H groups in total. The van der Waals surface area contributed by atoms with Crippen molar-refractivity contribution in [3.05, 3.63) is 0 Å². The topological polar surface area (TPSA) is 101 Å². The number of aliphatic carboxylic acids is 1. The van der Waals surface area contributed by atoms with Gasteiger partial charge >= 0.3 is 5.97 Å². The molecule has 0 aromatic carbocycles. The van der Waals surface area contributed by atoms with Crippen molar-refractivity contribution in [2.24, 2.45) is 0 Å². The maximum absolute atomic E-state index is 11.2. The molecular formula is C6H13NO5S2. The zero-order valence-corrected chi connectivity index (χ0v) is 9.52. The van der Waals surface area contributed by atoms with E-state index in [9.17, 15) is 17.4 Å². The molecule has 14 heavy (non-hydrogen) atoms. The van der Waals surface area contributed by atoms with Crippen LogP contribution in [0.2, 0.25) is 0 Å². The molecule has 0 aliphatic heterocycles. The lowest BCUT2D eigenvalue weighted by Crippen LogP contribution is -2.39. The first-order chi connectivity index (χ1) is 6.27. The van der Waals surface area contributed by atoms with Gasteiger partial charge in [-0.2, -0.15) is 0 Å². The molecule has 8 heteroatoms. The second kappa shape index (κ2) is 5.42. The molecule has 0 fully saturated rings. The average Bonchev–Trinajstić information content (AvgIpc) is 2.01. The largest absolute Gasteiger partial charge is 0.480 e. The summed E-state index contributed by atoms with van der Waals surface area (Å²) in [7, 11) is -4.94. The summed E-state index contributed by atoms with van der Waals surface area (Å²) in [5.41, 5.74) is 0. The summed E-state index contributed by atoms with van der Waals surface area (Å²) in [6.45, 7) is 1.07. The molecule has 0 saturated heterocycles. The summed E-state index contributed by atoms with van der Waals surface area (Å²) in [6.07, 6.45) is 1.44. The Bertz CT molecular complexity index is 323. The third-order valence-electron chi connectivity index (χ3n) is 1.51. The minimum Gasteiger partial charge on any atom is -0.480 e. The number of hydrogen-bond donors (Lipinski definition) is 2. The van der Waals surface area contributed by atoms with Crippen LogP contribution in [0.3, 0.4) is 0 Å². The quantitative estimate of drug-likeness (QED) is 0.607. The summed E-state index contributed by atoms with van der Waals surface area (Å²) in [5, 5.41) is 6.95. The predicted molar refractivity (Wildman–Crippen MR) is 53.0 cm³/mol. The summed E-state index contributed by atoms with van der Waals surface area (Å²) < 4.78 is 35.0. The van der Waals surface area contributed by atoms with Gasteiger partial charge < -0.3 is 5.11 Å². The molecule has 0 radical (unpaired) electrons. The lowest BCUT2D eigenvalue weighted by atomic mass is 10.5.